The van der Waals surface area contributed by atoms with E-state index in [1.807, 2.05) is 27.2 Å². The first-order chi connectivity index (χ1) is 8.21. The van der Waals surface area contributed by atoms with E-state index in [0.29, 0.717) is 8.34 Å². The molecule has 18 heavy (non-hydrogen) atoms. The molecule has 98 valence electrons. The summed E-state index contributed by atoms with van der Waals surface area (Å²) in [5, 5.41) is 0. The molecular formula is C13H16FIN2S. The molecule has 0 radical (unpaired) electrons. The molecule has 1 atom stereocenters. The lowest BCUT2D eigenvalue weighted by molar-refractivity contribution is 0.265. The topological polar surface area (TPSA) is 20.7 Å². The summed E-state index contributed by atoms with van der Waals surface area (Å²) in [4.78, 5) is 3.15. The van der Waals surface area contributed by atoms with E-state index >= 15 is 0 Å². The molecule has 1 aromatic heterocycles. The van der Waals surface area contributed by atoms with Crippen molar-refractivity contribution < 1.29 is 4.39 Å². The fourth-order valence-corrected chi connectivity index (χ4v) is 2.73. The minimum atomic E-state index is -0.202. The Balaban J connectivity index is 2.75. The number of nitrogens with zero attached hydrogens (tertiary/aromatic N) is 1. The van der Waals surface area contributed by atoms with Gasteiger partial charge in [0.15, 0.2) is 4.77 Å². The summed E-state index contributed by atoms with van der Waals surface area (Å²) in [6, 6.07) is 3.55. The lowest BCUT2D eigenvalue weighted by Gasteiger charge is -2.29. The number of rotatable bonds is 1. The Morgan fingerprint density at radius 2 is 2.00 bits per heavy atom. The number of nitrogens with one attached hydrogen (secondary N) is 1. The number of imidazole rings is 1. The molecule has 5 heteroatoms. The van der Waals surface area contributed by atoms with Gasteiger partial charge in [-0.15, -0.1) is 0 Å². The molecule has 2 aromatic rings. The van der Waals surface area contributed by atoms with Crippen molar-refractivity contribution in [3.63, 3.8) is 0 Å². The highest BCUT2D eigenvalue weighted by molar-refractivity contribution is 14.1. The summed E-state index contributed by atoms with van der Waals surface area (Å²) in [7, 11) is 0. The fourth-order valence-electron chi connectivity index (χ4n) is 1.89. The average molecular weight is 378 g/mol. The standard InChI is InChI=1S/C13H16FIN2S/c1-7(13(2,3)4)17-11-5-8(14)9(15)6-10(11)16-12(17)18/h5-7H,1-4H3,(H,16,18). The molecule has 0 amide bonds. The van der Waals surface area contributed by atoms with Crippen LogP contribution in [0.4, 0.5) is 4.39 Å². The van der Waals surface area contributed by atoms with Gasteiger partial charge in [-0.3, -0.25) is 0 Å². The molecule has 1 aromatic carbocycles. The van der Waals surface area contributed by atoms with Crippen molar-refractivity contribution in [1.29, 1.82) is 0 Å². The summed E-state index contributed by atoms with van der Waals surface area (Å²) >= 11 is 7.36. The van der Waals surface area contributed by atoms with Crippen molar-refractivity contribution in [2.75, 3.05) is 0 Å². The van der Waals surface area contributed by atoms with Crippen LogP contribution in [-0.2, 0) is 0 Å². The van der Waals surface area contributed by atoms with Gasteiger partial charge in [-0.1, -0.05) is 20.8 Å². The maximum atomic E-state index is 13.7. The third-order valence-electron chi connectivity index (χ3n) is 3.40. The second-order valence-electron chi connectivity index (χ2n) is 5.63. The molecule has 0 aliphatic rings. The zero-order valence-electron chi connectivity index (χ0n) is 10.8. The van der Waals surface area contributed by atoms with Crippen LogP contribution in [0.5, 0.6) is 0 Å². The first-order valence-electron chi connectivity index (χ1n) is 5.81. The van der Waals surface area contributed by atoms with E-state index in [1.54, 1.807) is 12.1 Å². The number of aromatic nitrogens is 2. The van der Waals surface area contributed by atoms with Crippen LogP contribution < -0.4 is 0 Å². The fraction of sp³-hybridized carbons (Fsp3) is 0.462. The maximum absolute atomic E-state index is 13.7. The zero-order chi connectivity index (χ0) is 13.7. The molecule has 0 spiro atoms. The van der Waals surface area contributed by atoms with Crippen LogP contribution in [0.25, 0.3) is 11.0 Å². The Kier molecular flexibility index (Phi) is 3.57. The highest BCUT2D eigenvalue weighted by Crippen LogP contribution is 2.33. The predicted molar refractivity (Wildman–Crippen MR) is 84.0 cm³/mol. The van der Waals surface area contributed by atoms with Crippen LogP contribution in [-0.4, -0.2) is 9.55 Å². The van der Waals surface area contributed by atoms with Crippen LogP contribution in [0.15, 0.2) is 12.1 Å². The van der Waals surface area contributed by atoms with E-state index in [4.69, 9.17) is 12.2 Å². The summed E-state index contributed by atoms with van der Waals surface area (Å²) in [6.45, 7) is 8.57. The van der Waals surface area contributed by atoms with Crippen molar-refractivity contribution >= 4 is 45.8 Å². The van der Waals surface area contributed by atoms with Gasteiger partial charge in [0.05, 0.1) is 14.6 Å². The molecule has 2 nitrogen and oxygen atoms in total. The Labute approximate surface area is 125 Å². The molecule has 1 N–H and O–H groups in total. The van der Waals surface area contributed by atoms with Crippen molar-refractivity contribution in [2.24, 2.45) is 5.41 Å². The Morgan fingerprint density at radius 3 is 2.56 bits per heavy atom. The number of fused-ring (bicyclic) bond motifs is 1. The molecule has 0 aliphatic carbocycles. The Bertz CT molecular complexity index is 651. The van der Waals surface area contributed by atoms with Crippen LogP contribution in [0.2, 0.25) is 0 Å². The smallest absolute Gasteiger partial charge is 0.178 e. The minimum absolute atomic E-state index is 0.0623. The van der Waals surface area contributed by atoms with Crippen molar-refractivity contribution in [2.45, 2.75) is 33.7 Å². The number of hydrogen-bond donors (Lipinski definition) is 1. The van der Waals surface area contributed by atoms with Gasteiger partial charge in [-0.25, -0.2) is 4.39 Å². The number of hydrogen-bond acceptors (Lipinski definition) is 1. The number of aromatic amines is 1. The van der Waals surface area contributed by atoms with E-state index in [1.165, 1.54) is 0 Å². The van der Waals surface area contributed by atoms with Crippen molar-refractivity contribution in [3.8, 4) is 0 Å². The van der Waals surface area contributed by atoms with Gasteiger partial charge in [0.1, 0.15) is 5.82 Å². The monoisotopic (exact) mass is 378 g/mol. The number of H-pyrrole nitrogens is 1. The molecule has 2 rings (SSSR count). The lowest BCUT2D eigenvalue weighted by Crippen LogP contribution is -2.21. The van der Waals surface area contributed by atoms with Gasteiger partial charge in [-0.2, -0.15) is 0 Å². The molecule has 0 saturated carbocycles. The van der Waals surface area contributed by atoms with Crippen molar-refractivity contribution in [3.05, 3.63) is 26.3 Å². The van der Waals surface area contributed by atoms with E-state index in [2.05, 4.69) is 32.7 Å². The first-order valence-corrected chi connectivity index (χ1v) is 7.30. The molecule has 1 heterocycles. The first kappa shape index (κ1) is 14.0. The van der Waals surface area contributed by atoms with Gasteiger partial charge in [-0.05, 0) is 53.2 Å². The number of halogens is 2. The lowest BCUT2D eigenvalue weighted by atomic mass is 9.88. The predicted octanol–water partition coefficient (Wildman–Crippen LogP) is 5.05. The maximum Gasteiger partial charge on any atom is 0.178 e. The van der Waals surface area contributed by atoms with E-state index < -0.39 is 0 Å². The van der Waals surface area contributed by atoms with Gasteiger partial charge < -0.3 is 9.55 Å². The normalized spacial score (nSPS) is 14.1. The minimum Gasteiger partial charge on any atom is -0.331 e. The Hall–Kier alpha value is -0.430. The molecular weight excluding hydrogens is 362 g/mol. The van der Waals surface area contributed by atoms with Crippen LogP contribution >= 0.6 is 34.8 Å². The number of benzene rings is 1. The molecule has 0 bridgehead atoms. The molecule has 1 unspecified atom stereocenters. The largest absolute Gasteiger partial charge is 0.331 e. The summed E-state index contributed by atoms with van der Waals surface area (Å²) in [5.41, 5.74) is 1.79. The average Bonchev–Trinajstić information content (AvgIpc) is 2.52. The van der Waals surface area contributed by atoms with Gasteiger partial charge >= 0.3 is 0 Å². The van der Waals surface area contributed by atoms with Crippen molar-refractivity contribution in [1.82, 2.24) is 9.55 Å². The zero-order valence-corrected chi connectivity index (χ0v) is 13.8. The van der Waals surface area contributed by atoms with E-state index in [0.717, 1.165) is 11.0 Å². The second kappa shape index (κ2) is 4.59. The van der Waals surface area contributed by atoms with Crippen LogP contribution in [0, 0.1) is 19.6 Å². The van der Waals surface area contributed by atoms with Gasteiger partial charge in [0.25, 0.3) is 0 Å². The van der Waals surface area contributed by atoms with E-state index in [9.17, 15) is 4.39 Å². The van der Waals surface area contributed by atoms with Gasteiger partial charge in [0.2, 0.25) is 0 Å². The van der Waals surface area contributed by atoms with Gasteiger partial charge in [0, 0.05) is 12.1 Å². The molecule has 0 aliphatic heterocycles. The van der Waals surface area contributed by atoms with E-state index in [-0.39, 0.29) is 17.3 Å². The SMILES string of the molecule is CC(n1c(=S)[nH]c2cc(I)c(F)cc21)C(C)(C)C. The quantitative estimate of drug-likeness (QED) is 0.544. The van der Waals surface area contributed by atoms with Crippen LogP contribution in [0.1, 0.15) is 33.7 Å². The third-order valence-corrected chi connectivity index (χ3v) is 4.52. The Morgan fingerprint density at radius 1 is 1.39 bits per heavy atom. The molecule has 0 fully saturated rings. The summed E-state index contributed by atoms with van der Waals surface area (Å²) in [6.07, 6.45) is 0. The summed E-state index contributed by atoms with van der Waals surface area (Å²) in [5.74, 6) is -0.202. The second-order valence-corrected chi connectivity index (χ2v) is 7.17. The highest BCUT2D eigenvalue weighted by Gasteiger charge is 2.24. The highest BCUT2D eigenvalue weighted by atomic mass is 127. The molecule has 0 saturated heterocycles. The summed E-state index contributed by atoms with van der Waals surface area (Å²) < 4.78 is 17.0. The third kappa shape index (κ3) is 2.34. The van der Waals surface area contributed by atoms with Crippen LogP contribution in [0.3, 0.4) is 0 Å².